The minimum atomic E-state index is 0.195. The van der Waals surface area contributed by atoms with Crippen LogP contribution in [-0.4, -0.2) is 29.1 Å². The Hall–Kier alpha value is -1.10. The maximum Gasteiger partial charge on any atom is 0.150 e. The molecule has 5 heteroatoms. The minimum absolute atomic E-state index is 0.195. The predicted octanol–water partition coefficient (Wildman–Crippen LogP) is 2.92. The van der Waals surface area contributed by atoms with Crippen LogP contribution in [0.5, 0.6) is 0 Å². The molecule has 0 aromatic heterocycles. The van der Waals surface area contributed by atoms with Gasteiger partial charge in [0.1, 0.15) is 10.9 Å². The summed E-state index contributed by atoms with van der Waals surface area (Å²) in [5.74, 6) is 3.51. The number of halogens is 1. The van der Waals surface area contributed by atoms with Crippen molar-refractivity contribution in [1.82, 2.24) is 10.2 Å². The molecule has 2 aliphatic heterocycles. The van der Waals surface area contributed by atoms with Gasteiger partial charge >= 0.3 is 0 Å². The van der Waals surface area contributed by atoms with Crippen LogP contribution in [0.25, 0.3) is 0 Å². The molecule has 4 fully saturated rings. The highest BCUT2D eigenvalue weighted by molar-refractivity contribution is 9.11. The summed E-state index contributed by atoms with van der Waals surface area (Å²) in [6.45, 7) is 0.606. The number of amidine groups is 1. The number of carbonyl (C=O) groups is 1. The van der Waals surface area contributed by atoms with Gasteiger partial charge in [-0.15, -0.1) is 0 Å². The number of nitrogens with one attached hydrogen (secondary N) is 1. The molecule has 0 aromatic rings. The number of hydrogen-bond acceptors (Lipinski definition) is 4. The van der Waals surface area contributed by atoms with Crippen LogP contribution in [0.2, 0.25) is 0 Å². The monoisotopic (exact) mass is 361 g/mol. The minimum Gasteiger partial charge on any atom is -0.364 e. The standard InChI is InChI=1S/C17H20BrN3O/c18-14-8-20-16-15(13(9-22)7-19-16)21(14)17-4-10-1-11(5-17)3-12(2-10)6-17/h8-12H,1-7H2,(H,19,20). The molecule has 4 bridgehead atoms. The van der Waals surface area contributed by atoms with E-state index in [1.165, 1.54) is 38.5 Å². The smallest absolute Gasteiger partial charge is 0.150 e. The highest BCUT2D eigenvalue weighted by atomic mass is 79.9. The molecule has 0 amide bonds. The highest BCUT2D eigenvalue weighted by Crippen LogP contribution is 2.60. The van der Waals surface area contributed by atoms with Crippen LogP contribution in [0.1, 0.15) is 38.5 Å². The van der Waals surface area contributed by atoms with E-state index in [4.69, 9.17) is 0 Å². The molecular weight excluding hydrogens is 342 g/mol. The Balaban J connectivity index is 1.63. The van der Waals surface area contributed by atoms with Gasteiger partial charge in [-0.2, -0.15) is 0 Å². The predicted molar refractivity (Wildman–Crippen MR) is 88.3 cm³/mol. The second-order valence-electron chi connectivity index (χ2n) is 7.75. The molecule has 0 atom stereocenters. The Morgan fingerprint density at radius 1 is 1.23 bits per heavy atom. The molecule has 4 saturated carbocycles. The highest BCUT2D eigenvalue weighted by Gasteiger charge is 2.55. The Bertz CT molecular complexity index is 613. The first-order valence-corrected chi connectivity index (χ1v) is 9.14. The lowest BCUT2D eigenvalue weighted by molar-refractivity contribution is -0.105. The van der Waals surface area contributed by atoms with Crippen molar-refractivity contribution < 1.29 is 4.79 Å². The Morgan fingerprint density at radius 2 is 1.86 bits per heavy atom. The molecule has 4 aliphatic carbocycles. The van der Waals surface area contributed by atoms with Gasteiger partial charge in [-0.1, -0.05) is 0 Å². The van der Waals surface area contributed by atoms with Crippen molar-refractivity contribution in [2.45, 2.75) is 44.1 Å². The van der Waals surface area contributed by atoms with Gasteiger partial charge in [-0.25, -0.2) is 4.99 Å². The number of rotatable bonds is 2. The van der Waals surface area contributed by atoms with E-state index in [9.17, 15) is 4.79 Å². The fraction of sp³-hybridized carbons (Fsp3) is 0.647. The van der Waals surface area contributed by atoms with E-state index in [2.05, 4.69) is 31.1 Å². The zero-order chi connectivity index (χ0) is 14.9. The van der Waals surface area contributed by atoms with Crippen LogP contribution < -0.4 is 5.32 Å². The molecule has 6 rings (SSSR count). The molecule has 0 saturated heterocycles. The first-order valence-electron chi connectivity index (χ1n) is 8.35. The Kier molecular flexibility index (Phi) is 2.71. The molecule has 4 nitrogen and oxygen atoms in total. The largest absolute Gasteiger partial charge is 0.364 e. The van der Waals surface area contributed by atoms with Crippen LogP contribution in [0.3, 0.4) is 0 Å². The van der Waals surface area contributed by atoms with Crippen LogP contribution in [0, 0.1) is 17.8 Å². The summed E-state index contributed by atoms with van der Waals surface area (Å²) in [5, 5.41) is 3.28. The number of aliphatic imine (C=N–C) groups is 1. The molecule has 0 unspecified atom stereocenters. The summed E-state index contributed by atoms with van der Waals surface area (Å²) in [6.07, 6.45) is 11.0. The van der Waals surface area contributed by atoms with E-state index >= 15 is 0 Å². The number of fused-ring (bicyclic) bond motifs is 1. The van der Waals surface area contributed by atoms with Crippen molar-refractivity contribution in [3.63, 3.8) is 0 Å². The molecule has 6 aliphatic rings. The average Bonchev–Trinajstić information content (AvgIpc) is 2.88. The Labute approximate surface area is 138 Å². The van der Waals surface area contributed by atoms with Crippen LogP contribution >= 0.6 is 15.9 Å². The van der Waals surface area contributed by atoms with E-state index in [1.807, 2.05) is 6.20 Å². The summed E-state index contributed by atoms with van der Waals surface area (Å²) < 4.78 is 1.02. The van der Waals surface area contributed by atoms with Crippen molar-refractivity contribution in [3.05, 3.63) is 22.1 Å². The topological polar surface area (TPSA) is 44.7 Å². The summed E-state index contributed by atoms with van der Waals surface area (Å²) in [5.41, 5.74) is 2.08. The molecule has 22 heavy (non-hydrogen) atoms. The van der Waals surface area contributed by atoms with E-state index in [1.54, 1.807) is 0 Å². The van der Waals surface area contributed by atoms with Gasteiger partial charge in [0.15, 0.2) is 5.84 Å². The first kappa shape index (κ1) is 13.3. The third kappa shape index (κ3) is 1.69. The molecule has 1 N–H and O–H groups in total. The molecule has 2 heterocycles. The molecular formula is C17H20BrN3O. The summed E-state index contributed by atoms with van der Waals surface area (Å²) in [6, 6.07) is 0. The zero-order valence-corrected chi connectivity index (χ0v) is 14.1. The van der Waals surface area contributed by atoms with E-state index < -0.39 is 0 Å². The van der Waals surface area contributed by atoms with Gasteiger partial charge < -0.3 is 10.2 Å². The van der Waals surface area contributed by atoms with Gasteiger partial charge in [0.2, 0.25) is 0 Å². The second kappa shape index (κ2) is 4.47. The fourth-order valence-corrected chi connectivity index (χ4v) is 6.69. The summed E-state index contributed by atoms with van der Waals surface area (Å²) >= 11 is 3.74. The lowest BCUT2D eigenvalue weighted by Crippen LogP contribution is -2.59. The fourth-order valence-electron chi connectivity index (χ4n) is 6.04. The Morgan fingerprint density at radius 3 is 2.45 bits per heavy atom. The molecule has 0 radical (unpaired) electrons. The van der Waals surface area contributed by atoms with E-state index in [0.717, 1.165) is 45.8 Å². The van der Waals surface area contributed by atoms with E-state index in [0.29, 0.717) is 6.54 Å². The average molecular weight is 362 g/mol. The van der Waals surface area contributed by atoms with Crippen molar-refractivity contribution in [2.24, 2.45) is 22.7 Å². The lowest BCUT2D eigenvalue weighted by atomic mass is 9.52. The van der Waals surface area contributed by atoms with Gasteiger partial charge in [0.25, 0.3) is 0 Å². The maximum atomic E-state index is 11.5. The number of aldehydes is 1. The number of nitrogens with zero attached hydrogens (tertiary/aromatic N) is 2. The van der Waals surface area contributed by atoms with Gasteiger partial charge in [-0.05, 0) is 72.2 Å². The summed E-state index contributed by atoms with van der Waals surface area (Å²) in [7, 11) is 0. The van der Waals surface area contributed by atoms with Gasteiger partial charge in [-0.3, -0.25) is 4.79 Å². The summed E-state index contributed by atoms with van der Waals surface area (Å²) in [4.78, 5) is 18.4. The van der Waals surface area contributed by atoms with Crippen molar-refractivity contribution >= 4 is 28.1 Å². The maximum absolute atomic E-state index is 11.5. The lowest BCUT2D eigenvalue weighted by Gasteiger charge is -2.61. The number of carbonyl (C=O) groups excluding carboxylic acids is 1. The zero-order valence-electron chi connectivity index (χ0n) is 12.5. The van der Waals surface area contributed by atoms with Crippen LogP contribution in [0.15, 0.2) is 27.1 Å². The quantitative estimate of drug-likeness (QED) is 0.607. The first-order chi connectivity index (χ1) is 10.7. The third-order valence-corrected chi connectivity index (χ3v) is 6.89. The molecule has 0 spiro atoms. The van der Waals surface area contributed by atoms with Crippen molar-refractivity contribution in [1.29, 1.82) is 0 Å². The van der Waals surface area contributed by atoms with Gasteiger partial charge in [0.05, 0.1) is 11.9 Å². The van der Waals surface area contributed by atoms with E-state index in [-0.39, 0.29) is 5.54 Å². The third-order valence-electron chi connectivity index (χ3n) is 6.33. The number of hydrogen-bond donors (Lipinski definition) is 1. The van der Waals surface area contributed by atoms with Crippen molar-refractivity contribution in [2.75, 3.05) is 6.54 Å². The molecule has 0 aromatic carbocycles. The SMILES string of the molecule is O=CC1=C2C(=NC=C(Br)N2C23CC4CC(CC(C4)C2)C3)NC1. The van der Waals surface area contributed by atoms with Crippen LogP contribution in [-0.2, 0) is 4.79 Å². The molecule has 116 valence electrons. The normalized spacial score (nSPS) is 42.0. The second-order valence-corrected chi connectivity index (χ2v) is 8.56. The van der Waals surface area contributed by atoms with Crippen molar-refractivity contribution in [3.8, 4) is 0 Å². The van der Waals surface area contributed by atoms with Gasteiger partial charge in [0, 0.05) is 17.7 Å². The van der Waals surface area contributed by atoms with Crippen LogP contribution in [0.4, 0.5) is 0 Å².